The quantitative estimate of drug-likeness (QED) is 0.0322. The summed E-state index contributed by atoms with van der Waals surface area (Å²) in [5.41, 5.74) is -9.45. The highest BCUT2D eigenvalue weighted by molar-refractivity contribution is 7.33. The number of hydrogen-bond donors (Lipinski definition) is 0. The summed E-state index contributed by atoms with van der Waals surface area (Å²) in [5, 5.41) is 40.9. The maximum Gasteiger partial charge on any atom is 0.334 e. The Labute approximate surface area is 535 Å². The van der Waals surface area contributed by atoms with Gasteiger partial charge in [-0.1, -0.05) is 121 Å². The smallest absolute Gasteiger partial charge is 0.334 e. The lowest BCUT2D eigenvalue weighted by molar-refractivity contribution is -0.166. The van der Waals surface area contributed by atoms with Gasteiger partial charge in [0.1, 0.15) is 84.1 Å². The van der Waals surface area contributed by atoms with Gasteiger partial charge in [-0.3, -0.25) is 28.8 Å². The third-order valence-electron chi connectivity index (χ3n) is 16.2. The molecular weight excluding hydrogens is 1260 g/mol. The highest BCUT2D eigenvalue weighted by atomic mass is 32.1. The van der Waals surface area contributed by atoms with Crippen LogP contribution in [0, 0.1) is 62.9 Å². The number of carbonyl (C=O) groups is 6. The van der Waals surface area contributed by atoms with Gasteiger partial charge < -0.3 is 18.9 Å². The van der Waals surface area contributed by atoms with Gasteiger partial charge in [0.15, 0.2) is 17.5 Å². The molecule has 0 radical (unpaired) electrons. The number of rotatable bonds is 14. The fourth-order valence-corrected chi connectivity index (χ4v) is 16.2. The summed E-state index contributed by atoms with van der Waals surface area (Å²) in [5.74, 6) is -14.0. The van der Waals surface area contributed by atoms with Crippen molar-refractivity contribution in [3.63, 3.8) is 0 Å². The van der Waals surface area contributed by atoms with Gasteiger partial charge in [0, 0.05) is 61.8 Å². The molecule has 1 unspecified atom stereocenters. The number of halogens is 4. The van der Waals surface area contributed by atoms with Crippen LogP contribution in [0.4, 0.5) is 22.6 Å². The molecule has 0 N–H and O–H groups in total. The summed E-state index contributed by atoms with van der Waals surface area (Å²) in [6.45, 7) is -1.80. The van der Waals surface area contributed by atoms with Gasteiger partial charge in [-0.05, 0) is 52.6 Å². The summed E-state index contributed by atoms with van der Waals surface area (Å²) in [7, 11) is 0. The topological polar surface area (TPSA) is 259 Å². The molecule has 0 aliphatic heterocycles. The van der Waals surface area contributed by atoms with E-state index in [1.807, 2.05) is 0 Å². The number of thiophene rings is 3. The normalized spacial score (nSPS) is 16.8. The van der Waals surface area contributed by atoms with E-state index in [9.17, 15) is 35.0 Å². The van der Waals surface area contributed by atoms with Crippen LogP contribution in [0.5, 0.6) is 0 Å². The number of fused-ring (bicyclic) bond motifs is 9. The number of hydrogen-bond acceptors (Lipinski definition) is 19. The summed E-state index contributed by atoms with van der Waals surface area (Å²) in [6, 6.07) is 42.8. The molecule has 5 aliphatic carbocycles. The lowest BCUT2D eigenvalue weighted by Crippen LogP contribution is -2.46. The zero-order valence-corrected chi connectivity index (χ0v) is 50.0. The number of esters is 4. The van der Waals surface area contributed by atoms with Crippen molar-refractivity contribution in [3.8, 4) is 34.0 Å². The summed E-state index contributed by atoms with van der Waals surface area (Å²) in [4.78, 5) is 103. The number of benzene rings is 5. The van der Waals surface area contributed by atoms with Crippen molar-refractivity contribution in [3.05, 3.63) is 252 Å². The van der Waals surface area contributed by atoms with Crippen molar-refractivity contribution >= 4 is 107 Å². The van der Waals surface area contributed by atoms with E-state index < -0.39 is 153 Å². The molecule has 0 amide bonds. The molecule has 13 rings (SSSR count). The first-order valence-electron chi connectivity index (χ1n) is 28.0. The second kappa shape index (κ2) is 24.0. The minimum atomic E-state index is -2.94. The van der Waals surface area contributed by atoms with Crippen molar-refractivity contribution < 1.29 is 65.3 Å². The van der Waals surface area contributed by atoms with Crippen LogP contribution in [0.25, 0.3) is 30.8 Å². The van der Waals surface area contributed by atoms with Crippen LogP contribution in [-0.4, -0.2) is 46.9 Å². The van der Waals surface area contributed by atoms with Gasteiger partial charge in [-0.25, -0.2) is 27.5 Å². The molecule has 16 nitrogen and oxygen atoms in total. The highest BCUT2D eigenvalue weighted by Gasteiger charge is 2.65. The van der Waals surface area contributed by atoms with Gasteiger partial charge in [-0.15, -0.1) is 34.0 Å². The molecule has 5 aliphatic rings. The Bertz CT molecular complexity index is 4930. The number of ether oxygens (including phenoxy) is 4. The van der Waals surface area contributed by atoms with Gasteiger partial charge in [-0.2, -0.15) is 21.0 Å². The minimum Gasteiger partial charge on any atom is -0.459 e. The van der Waals surface area contributed by atoms with Gasteiger partial charge in [0.25, 0.3) is 0 Å². The number of allylic oxidation sites excluding steroid dienone is 8. The molecule has 0 bridgehead atoms. The van der Waals surface area contributed by atoms with Gasteiger partial charge in [0.05, 0.1) is 24.9 Å². The predicted octanol–water partition coefficient (Wildman–Crippen LogP) is 13.4. The Morgan fingerprint density at radius 2 is 1.00 bits per heavy atom. The van der Waals surface area contributed by atoms with Crippen LogP contribution < -0.4 is 0 Å². The van der Waals surface area contributed by atoms with Gasteiger partial charge >= 0.3 is 23.9 Å². The molecule has 1 saturated carbocycles. The number of nitriles is 4. The maximum absolute atomic E-state index is 16.0. The highest BCUT2D eigenvalue weighted by Crippen LogP contribution is 2.65. The minimum absolute atomic E-state index is 0.0231. The van der Waals surface area contributed by atoms with Crippen LogP contribution in [-0.2, 0) is 80.2 Å². The second-order valence-electron chi connectivity index (χ2n) is 21.4. The molecule has 5 aromatic carbocycles. The Hall–Kier alpha value is -11.6. The SMILES string of the molecule is N#CC(C#N)=C1/C(=N/C2=Cc3sc4c5c(sc4c3C2(C(=O)OCc2ccccc2)C(=O)OCc2ccccc2)-c2sc(/N=C3/C(=O)C4=CC(F)=C(F)CC4C3=C(C#N)C#N)cc2C5(C(=O)OCc2ccccc2)C(=O)OCc2ccccc2)C(=O)c2cc(F)c(F)cc21. The van der Waals surface area contributed by atoms with Crippen LogP contribution in [0.15, 0.2) is 195 Å². The van der Waals surface area contributed by atoms with E-state index in [1.54, 1.807) is 146 Å². The van der Waals surface area contributed by atoms with Crippen molar-refractivity contribution in [1.82, 2.24) is 0 Å². The lowest BCUT2D eigenvalue weighted by Gasteiger charge is -2.28. The number of carbonyl (C=O) groups excluding carboxylic acids is 6. The van der Waals surface area contributed by atoms with Crippen LogP contribution in [0.2, 0.25) is 0 Å². The summed E-state index contributed by atoms with van der Waals surface area (Å²) >= 11 is 2.53. The largest absolute Gasteiger partial charge is 0.459 e. The molecule has 0 saturated heterocycles. The third kappa shape index (κ3) is 9.81. The molecular formula is C70H36F4N6O10S3. The van der Waals surface area contributed by atoms with Crippen LogP contribution >= 0.6 is 34.0 Å². The number of Topliss-reactive ketones (excluding diaryl/α,β-unsaturated/α-hetero) is 2. The molecule has 3 heterocycles. The van der Waals surface area contributed by atoms with E-state index in [0.29, 0.717) is 40.5 Å². The molecule has 1 fully saturated rings. The molecule has 0 spiro atoms. The maximum atomic E-state index is 16.0. The Morgan fingerprint density at radius 3 is 1.49 bits per heavy atom. The molecule has 452 valence electrons. The zero-order chi connectivity index (χ0) is 65.0. The molecule has 1 atom stereocenters. The monoisotopic (exact) mass is 1290 g/mol. The van der Waals surface area contributed by atoms with Crippen molar-refractivity contribution in [2.45, 2.75) is 43.7 Å². The van der Waals surface area contributed by atoms with E-state index in [1.165, 1.54) is 12.1 Å². The first-order chi connectivity index (χ1) is 45.1. The molecule has 93 heavy (non-hydrogen) atoms. The first kappa shape index (κ1) is 60.3. The first-order valence-corrected chi connectivity index (χ1v) is 30.4. The average molecular weight is 1290 g/mol. The summed E-state index contributed by atoms with van der Waals surface area (Å²) in [6.07, 6.45) is 1.20. The number of ketones is 2. The average Bonchev–Trinajstić information content (AvgIpc) is 1.50. The van der Waals surface area contributed by atoms with Crippen LogP contribution in [0.1, 0.15) is 66.2 Å². The van der Waals surface area contributed by atoms with Crippen molar-refractivity contribution in [2.24, 2.45) is 15.9 Å². The zero-order valence-electron chi connectivity index (χ0n) is 47.5. The Kier molecular flexibility index (Phi) is 15.5. The fraction of sp³-hybridized carbons (Fsp3) is 0.114. The predicted molar refractivity (Wildman–Crippen MR) is 330 cm³/mol. The molecule has 23 heteroatoms. The molecule has 8 aromatic rings. The van der Waals surface area contributed by atoms with E-state index in [0.717, 1.165) is 34.0 Å². The standard InChI is InChI=1S/C70H36F4N6O10S3/c71-46-21-41-43(23-48(46)73)59(81)57(53(41)39(27-75)28-76)79-51-26-50-55(70(51,67(85)89-33-37-17-9-3-10-18-37)68(86)90-34-38-19-11-4-12-20-38)62-64(91-50)56-63(93-62)61-45(25-52(92-61)80-58-54(40(29-77)30-78)42-22-47(72)49(74)24-44(42)60(58)82)69(56,65(83)87-31-35-13-5-1-6-14-35)66(84)88-32-36-15-7-2-8-16-36/h1-21,23-26,42H,22,31-34H2/b79-57-,80-58+. The van der Waals surface area contributed by atoms with Gasteiger partial charge in [0.2, 0.25) is 22.4 Å². The number of nitrogens with zero attached hydrogens (tertiary/aromatic N) is 6. The van der Waals surface area contributed by atoms with E-state index in [-0.39, 0.29) is 56.9 Å². The number of aliphatic imine (C=N–C) groups is 2. The second-order valence-corrected chi connectivity index (χ2v) is 24.5. The van der Waals surface area contributed by atoms with Crippen LogP contribution in [0.3, 0.4) is 0 Å². The van der Waals surface area contributed by atoms with Crippen molar-refractivity contribution in [2.75, 3.05) is 0 Å². The third-order valence-corrected chi connectivity index (χ3v) is 19.9. The van der Waals surface area contributed by atoms with Crippen molar-refractivity contribution in [1.29, 1.82) is 21.0 Å². The molecule has 3 aromatic heterocycles. The Balaban J connectivity index is 1.09. The lowest BCUT2D eigenvalue weighted by atomic mass is 9.78. The van der Waals surface area contributed by atoms with E-state index in [4.69, 9.17) is 23.9 Å². The fourth-order valence-electron chi connectivity index (χ4n) is 11.9. The summed E-state index contributed by atoms with van der Waals surface area (Å²) < 4.78 is 85.0. The Morgan fingerprint density at radius 1 is 0.527 bits per heavy atom. The van der Waals surface area contributed by atoms with E-state index in [2.05, 4.69) is 4.99 Å². The van der Waals surface area contributed by atoms with E-state index >= 15 is 32.3 Å².